The summed E-state index contributed by atoms with van der Waals surface area (Å²) in [6.07, 6.45) is -0.687. The van der Waals surface area contributed by atoms with Crippen LogP contribution >= 0.6 is 11.6 Å². The van der Waals surface area contributed by atoms with Crippen molar-refractivity contribution in [2.75, 3.05) is 0 Å². The molecule has 2 aromatic carbocycles. The molecule has 25 heavy (non-hydrogen) atoms. The van der Waals surface area contributed by atoms with Crippen molar-refractivity contribution in [2.45, 2.75) is 25.9 Å². The van der Waals surface area contributed by atoms with E-state index >= 15 is 0 Å². The van der Waals surface area contributed by atoms with Gasteiger partial charge in [0.05, 0.1) is 5.56 Å². The van der Waals surface area contributed by atoms with Crippen LogP contribution in [0.15, 0.2) is 54.6 Å². The summed E-state index contributed by atoms with van der Waals surface area (Å²) in [4.78, 5) is 36.2. The Balaban J connectivity index is 2.21. The Morgan fingerprint density at radius 2 is 1.76 bits per heavy atom. The Hall–Kier alpha value is -2.66. The molecule has 0 aliphatic carbocycles. The van der Waals surface area contributed by atoms with E-state index in [1.165, 1.54) is 12.1 Å². The van der Waals surface area contributed by atoms with E-state index in [4.69, 9.17) is 21.1 Å². The van der Waals surface area contributed by atoms with Crippen molar-refractivity contribution < 1.29 is 23.9 Å². The van der Waals surface area contributed by atoms with Crippen LogP contribution in [0.4, 0.5) is 0 Å². The predicted molar refractivity (Wildman–Crippen MR) is 92.1 cm³/mol. The zero-order valence-corrected chi connectivity index (χ0v) is 14.4. The molecule has 6 heteroatoms. The number of hydrogen-bond donors (Lipinski definition) is 0. The second kappa shape index (κ2) is 8.99. The van der Waals surface area contributed by atoms with Crippen molar-refractivity contribution in [3.8, 4) is 0 Å². The molecule has 1 atom stereocenters. The SMILES string of the molecule is CCCC(=O)OC(=O)C(OC(=O)c1cccc(Cl)c1)c1ccccc1. The molecule has 0 amide bonds. The van der Waals surface area contributed by atoms with Gasteiger partial charge in [0.25, 0.3) is 0 Å². The second-order valence-corrected chi connectivity index (χ2v) is 5.69. The van der Waals surface area contributed by atoms with Gasteiger partial charge in [-0.1, -0.05) is 54.9 Å². The Morgan fingerprint density at radius 1 is 1.04 bits per heavy atom. The zero-order valence-electron chi connectivity index (χ0n) is 13.6. The molecule has 0 radical (unpaired) electrons. The number of esters is 3. The normalized spacial score (nSPS) is 11.4. The fourth-order valence-corrected chi connectivity index (χ4v) is 2.28. The highest BCUT2D eigenvalue weighted by Crippen LogP contribution is 2.22. The lowest BCUT2D eigenvalue weighted by Crippen LogP contribution is -2.24. The quantitative estimate of drug-likeness (QED) is 0.572. The third-order valence-electron chi connectivity index (χ3n) is 3.27. The number of ether oxygens (including phenoxy) is 2. The van der Waals surface area contributed by atoms with E-state index in [1.807, 2.05) is 0 Å². The highest BCUT2D eigenvalue weighted by Gasteiger charge is 2.29. The number of benzene rings is 2. The minimum Gasteiger partial charge on any atom is -0.442 e. The van der Waals surface area contributed by atoms with Crippen LogP contribution in [0.25, 0.3) is 0 Å². The minimum atomic E-state index is -1.34. The first kappa shape index (κ1) is 18.7. The van der Waals surface area contributed by atoms with E-state index < -0.39 is 24.0 Å². The number of carbonyl (C=O) groups is 3. The standard InChI is InChI=1S/C19H17ClO5/c1-2-7-16(21)24-19(23)17(13-8-4-3-5-9-13)25-18(22)14-10-6-11-15(20)12-14/h3-6,8-12,17H,2,7H2,1H3. The summed E-state index contributed by atoms with van der Waals surface area (Å²) >= 11 is 5.86. The van der Waals surface area contributed by atoms with Crippen LogP contribution in [0.2, 0.25) is 5.02 Å². The van der Waals surface area contributed by atoms with Gasteiger partial charge in [-0.2, -0.15) is 0 Å². The van der Waals surface area contributed by atoms with Gasteiger partial charge in [-0.3, -0.25) is 4.79 Å². The van der Waals surface area contributed by atoms with E-state index in [0.29, 0.717) is 17.0 Å². The molecule has 0 aromatic heterocycles. The maximum absolute atomic E-state index is 12.3. The van der Waals surface area contributed by atoms with Crippen LogP contribution < -0.4 is 0 Å². The summed E-state index contributed by atoms with van der Waals surface area (Å²) in [6, 6.07) is 14.5. The van der Waals surface area contributed by atoms with Crippen molar-refractivity contribution in [3.63, 3.8) is 0 Å². The van der Waals surface area contributed by atoms with E-state index in [9.17, 15) is 14.4 Å². The Labute approximate surface area is 150 Å². The summed E-state index contributed by atoms with van der Waals surface area (Å²) < 4.78 is 10.1. The lowest BCUT2D eigenvalue weighted by atomic mass is 10.1. The molecule has 0 saturated carbocycles. The summed E-state index contributed by atoms with van der Waals surface area (Å²) in [6.45, 7) is 1.79. The lowest BCUT2D eigenvalue weighted by molar-refractivity contribution is -0.166. The molecule has 0 heterocycles. The Morgan fingerprint density at radius 3 is 2.40 bits per heavy atom. The molecule has 0 aliphatic rings. The van der Waals surface area contributed by atoms with E-state index in [1.54, 1.807) is 49.4 Å². The van der Waals surface area contributed by atoms with Crippen molar-refractivity contribution >= 4 is 29.5 Å². The summed E-state index contributed by atoms with van der Waals surface area (Å²) in [7, 11) is 0. The van der Waals surface area contributed by atoms with Crippen molar-refractivity contribution in [2.24, 2.45) is 0 Å². The van der Waals surface area contributed by atoms with Crippen LogP contribution in [-0.2, 0) is 19.1 Å². The molecule has 0 bridgehead atoms. The fraction of sp³-hybridized carbons (Fsp3) is 0.211. The van der Waals surface area contributed by atoms with Gasteiger partial charge in [-0.25, -0.2) is 9.59 Å². The van der Waals surface area contributed by atoms with Crippen molar-refractivity contribution in [1.29, 1.82) is 0 Å². The maximum atomic E-state index is 12.3. The molecule has 2 aromatic rings. The molecule has 0 aliphatic heterocycles. The van der Waals surface area contributed by atoms with Gasteiger partial charge in [-0.05, 0) is 24.6 Å². The fourth-order valence-electron chi connectivity index (χ4n) is 2.09. The van der Waals surface area contributed by atoms with Gasteiger partial charge in [-0.15, -0.1) is 0 Å². The maximum Gasteiger partial charge on any atom is 0.359 e. The van der Waals surface area contributed by atoms with Crippen LogP contribution in [0.5, 0.6) is 0 Å². The molecular weight excluding hydrogens is 344 g/mol. The number of halogens is 1. The van der Waals surface area contributed by atoms with E-state index in [0.717, 1.165) is 0 Å². The predicted octanol–water partition coefficient (Wildman–Crippen LogP) is 4.11. The number of carbonyl (C=O) groups excluding carboxylic acids is 3. The highest BCUT2D eigenvalue weighted by molar-refractivity contribution is 6.30. The molecule has 0 spiro atoms. The number of rotatable bonds is 6. The highest BCUT2D eigenvalue weighted by atomic mass is 35.5. The van der Waals surface area contributed by atoms with Crippen LogP contribution in [0.3, 0.4) is 0 Å². The average molecular weight is 361 g/mol. The smallest absolute Gasteiger partial charge is 0.359 e. The molecular formula is C19H17ClO5. The Bertz CT molecular complexity index is 757. The topological polar surface area (TPSA) is 69.7 Å². The minimum absolute atomic E-state index is 0.107. The van der Waals surface area contributed by atoms with Crippen LogP contribution in [-0.4, -0.2) is 17.9 Å². The van der Waals surface area contributed by atoms with Crippen LogP contribution in [0.1, 0.15) is 41.8 Å². The third-order valence-corrected chi connectivity index (χ3v) is 3.51. The van der Waals surface area contributed by atoms with Gasteiger partial charge in [0.2, 0.25) is 6.10 Å². The third kappa shape index (κ3) is 5.43. The number of hydrogen-bond acceptors (Lipinski definition) is 5. The van der Waals surface area contributed by atoms with Gasteiger partial charge < -0.3 is 9.47 Å². The lowest BCUT2D eigenvalue weighted by Gasteiger charge is -2.16. The van der Waals surface area contributed by atoms with Crippen molar-refractivity contribution in [3.05, 3.63) is 70.7 Å². The summed E-state index contributed by atoms with van der Waals surface area (Å²) in [5.41, 5.74) is 0.605. The van der Waals surface area contributed by atoms with Gasteiger partial charge >= 0.3 is 17.9 Å². The molecule has 130 valence electrons. The van der Waals surface area contributed by atoms with Gasteiger partial charge in [0, 0.05) is 17.0 Å². The van der Waals surface area contributed by atoms with Gasteiger partial charge in [0.15, 0.2) is 0 Å². The first-order chi connectivity index (χ1) is 12.0. The van der Waals surface area contributed by atoms with Crippen LogP contribution in [0, 0.1) is 0 Å². The Kier molecular flexibility index (Phi) is 6.71. The molecule has 5 nitrogen and oxygen atoms in total. The first-order valence-corrected chi connectivity index (χ1v) is 8.15. The van der Waals surface area contributed by atoms with E-state index in [2.05, 4.69) is 0 Å². The zero-order chi connectivity index (χ0) is 18.2. The largest absolute Gasteiger partial charge is 0.442 e. The van der Waals surface area contributed by atoms with Gasteiger partial charge in [0.1, 0.15) is 0 Å². The molecule has 0 fully saturated rings. The average Bonchev–Trinajstić information content (AvgIpc) is 2.60. The first-order valence-electron chi connectivity index (χ1n) is 7.77. The molecule has 0 saturated heterocycles. The molecule has 2 rings (SSSR count). The van der Waals surface area contributed by atoms with Crippen molar-refractivity contribution in [1.82, 2.24) is 0 Å². The van der Waals surface area contributed by atoms with E-state index in [-0.39, 0.29) is 12.0 Å². The summed E-state index contributed by atoms with van der Waals surface area (Å²) in [5, 5.41) is 0.367. The second-order valence-electron chi connectivity index (χ2n) is 5.25. The summed E-state index contributed by atoms with van der Waals surface area (Å²) in [5.74, 6) is -2.33. The molecule has 0 N–H and O–H groups in total. The monoisotopic (exact) mass is 360 g/mol. The molecule has 1 unspecified atom stereocenters.